The molecule has 1 N–H and O–H groups in total. The van der Waals surface area contributed by atoms with E-state index in [1.54, 1.807) is 38.5 Å². The molecule has 1 aliphatic rings. The Balaban J connectivity index is 1.64. The van der Waals surface area contributed by atoms with Gasteiger partial charge in [0.05, 0.1) is 26.5 Å². The standard InChI is InChI=1S/C24H25FN2O4/c1-29-22-12-17-8-9-27(15-16-5-3-6-18(25)11-16)20(19(17)13-23(22)30-2)14-26-24(28)21-7-4-10-31-21/h3-7,10-13,20H,8-9,14-15H2,1-2H3,(H,26,28). The van der Waals surface area contributed by atoms with Crippen molar-refractivity contribution in [1.29, 1.82) is 0 Å². The average Bonchev–Trinajstić information content (AvgIpc) is 3.32. The van der Waals surface area contributed by atoms with Gasteiger partial charge in [-0.1, -0.05) is 12.1 Å². The van der Waals surface area contributed by atoms with Crippen LogP contribution in [0.15, 0.2) is 59.2 Å². The Morgan fingerprint density at radius 1 is 1.16 bits per heavy atom. The molecule has 0 bridgehead atoms. The first-order chi connectivity index (χ1) is 15.1. The van der Waals surface area contributed by atoms with Gasteiger partial charge in [-0.05, 0) is 59.5 Å². The molecule has 3 aromatic rings. The summed E-state index contributed by atoms with van der Waals surface area (Å²) in [5.41, 5.74) is 3.08. The van der Waals surface area contributed by atoms with Gasteiger partial charge in [0.1, 0.15) is 5.82 Å². The molecule has 1 aliphatic heterocycles. The van der Waals surface area contributed by atoms with Crippen LogP contribution in [0.1, 0.15) is 33.3 Å². The summed E-state index contributed by atoms with van der Waals surface area (Å²) in [4.78, 5) is 14.7. The predicted octanol–water partition coefficient (Wildman–Crippen LogP) is 3.97. The molecule has 162 valence electrons. The minimum absolute atomic E-state index is 0.120. The Morgan fingerprint density at radius 2 is 1.97 bits per heavy atom. The van der Waals surface area contributed by atoms with Crippen molar-refractivity contribution in [3.63, 3.8) is 0 Å². The van der Waals surface area contributed by atoms with Gasteiger partial charge in [-0.15, -0.1) is 0 Å². The van der Waals surface area contributed by atoms with Crippen molar-refractivity contribution < 1.29 is 23.1 Å². The predicted molar refractivity (Wildman–Crippen MR) is 114 cm³/mol. The number of ether oxygens (including phenoxy) is 2. The molecule has 0 saturated carbocycles. The fourth-order valence-electron chi connectivity index (χ4n) is 4.06. The molecule has 1 aromatic heterocycles. The highest BCUT2D eigenvalue weighted by Gasteiger charge is 2.30. The van der Waals surface area contributed by atoms with E-state index in [0.29, 0.717) is 24.6 Å². The first-order valence-electron chi connectivity index (χ1n) is 10.1. The van der Waals surface area contributed by atoms with Crippen molar-refractivity contribution in [3.8, 4) is 11.5 Å². The van der Waals surface area contributed by atoms with Gasteiger partial charge < -0.3 is 19.2 Å². The van der Waals surface area contributed by atoms with Gasteiger partial charge in [0.2, 0.25) is 0 Å². The van der Waals surface area contributed by atoms with Crippen molar-refractivity contribution in [2.24, 2.45) is 0 Å². The second-order valence-corrected chi connectivity index (χ2v) is 7.46. The van der Waals surface area contributed by atoms with Crippen LogP contribution in [0.25, 0.3) is 0 Å². The minimum atomic E-state index is -0.275. The van der Waals surface area contributed by atoms with Crippen molar-refractivity contribution in [2.75, 3.05) is 27.3 Å². The third kappa shape index (κ3) is 4.56. The highest BCUT2D eigenvalue weighted by molar-refractivity contribution is 5.91. The van der Waals surface area contributed by atoms with Gasteiger partial charge in [-0.25, -0.2) is 4.39 Å². The molecule has 31 heavy (non-hydrogen) atoms. The number of benzene rings is 2. The number of carbonyl (C=O) groups is 1. The Labute approximate surface area is 180 Å². The Kier molecular flexibility index (Phi) is 6.23. The number of rotatable bonds is 7. The fourth-order valence-corrected chi connectivity index (χ4v) is 4.06. The van der Waals surface area contributed by atoms with Crippen LogP contribution < -0.4 is 14.8 Å². The minimum Gasteiger partial charge on any atom is -0.493 e. The molecule has 0 fully saturated rings. The van der Waals surface area contributed by atoms with E-state index in [2.05, 4.69) is 10.2 Å². The maximum Gasteiger partial charge on any atom is 0.287 e. The van der Waals surface area contributed by atoms with Gasteiger partial charge in [0.15, 0.2) is 17.3 Å². The van der Waals surface area contributed by atoms with Crippen LogP contribution in [0.5, 0.6) is 11.5 Å². The lowest BCUT2D eigenvalue weighted by Crippen LogP contribution is -2.41. The molecular formula is C24H25FN2O4. The molecule has 0 aliphatic carbocycles. The molecular weight excluding hydrogens is 399 g/mol. The van der Waals surface area contributed by atoms with E-state index >= 15 is 0 Å². The number of carbonyl (C=O) groups excluding carboxylic acids is 1. The zero-order valence-electron chi connectivity index (χ0n) is 17.6. The topological polar surface area (TPSA) is 63.9 Å². The Hall–Kier alpha value is -3.32. The van der Waals surface area contributed by atoms with Crippen molar-refractivity contribution in [2.45, 2.75) is 19.0 Å². The molecule has 1 amide bonds. The third-order valence-electron chi connectivity index (χ3n) is 5.59. The van der Waals surface area contributed by atoms with Crippen molar-refractivity contribution in [3.05, 3.63) is 83.1 Å². The molecule has 1 atom stereocenters. The number of halogens is 1. The summed E-state index contributed by atoms with van der Waals surface area (Å²) < 4.78 is 29.9. The van der Waals surface area contributed by atoms with Crippen LogP contribution in [0.4, 0.5) is 4.39 Å². The number of fused-ring (bicyclic) bond motifs is 1. The lowest BCUT2D eigenvalue weighted by molar-refractivity contribution is 0.0898. The Bertz CT molecular complexity index is 1050. The highest BCUT2D eigenvalue weighted by atomic mass is 19.1. The summed E-state index contributed by atoms with van der Waals surface area (Å²) in [5, 5.41) is 2.97. The number of nitrogens with zero attached hydrogens (tertiary/aromatic N) is 1. The van der Waals surface area contributed by atoms with E-state index in [1.807, 2.05) is 18.2 Å². The second-order valence-electron chi connectivity index (χ2n) is 7.46. The quantitative estimate of drug-likeness (QED) is 0.622. The molecule has 1 unspecified atom stereocenters. The van der Waals surface area contributed by atoms with E-state index in [4.69, 9.17) is 13.9 Å². The summed E-state index contributed by atoms with van der Waals surface area (Å²) in [7, 11) is 3.22. The van der Waals surface area contributed by atoms with Crippen LogP contribution in [-0.2, 0) is 13.0 Å². The lowest BCUT2D eigenvalue weighted by atomic mass is 9.91. The van der Waals surface area contributed by atoms with E-state index in [-0.39, 0.29) is 23.5 Å². The molecule has 2 heterocycles. The highest BCUT2D eigenvalue weighted by Crippen LogP contribution is 2.38. The van der Waals surface area contributed by atoms with Gasteiger partial charge in [-0.2, -0.15) is 0 Å². The largest absolute Gasteiger partial charge is 0.493 e. The first-order valence-corrected chi connectivity index (χ1v) is 10.1. The van der Waals surface area contributed by atoms with Crippen LogP contribution >= 0.6 is 0 Å². The third-order valence-corrected chi connectivity index (χ3v) is 5.59. The summed E-state index contributed by atoms with van der Waals surface area (Å²) in [6, 6.07) is 13.8. The molecule has 7 heteroatoms. The summed E-state index contributed by atoms with van der Waals surface area (Å²) in [6.07, 6.45) is 2.28. The van der Waals surface area contributed by atoms with Crippen LogP contribution in [-0.4, -0.2) is 38.1 Å². The zero-order chi connectivity index (χ0) is 21.8. The van der Waals surface area contributed by atoms with Crippen molar-refractivity contribution >= 4 is 5.91 Å². The van der Waals surface area contributed by atoms with Crippen LogP contribution in [0, 0.1) is 5.82 Å². The molecule has 0 spiro atoms. The monoisotopic (exact) mass is 424 g/mol. The van der Waals surface area contributed by atoms with Gasteiger partial charge in [0, 0.05) is 19.6 Å². The van der Waals surface area contributed by atoms with Crippen molar-refractivity contribution in [1.82, 2.24) is 10.2 Å². The maximum atomic E-state index is 13.7. The molecule has 4 rings (SSSR count). The number of methoxy groups -OCH3 is 2. The second kappa shape index (κ2) is 9.22. The number of hydrogen-bond acceptors (Lipinski definition) is 5. The number of furan rings is 1. The van der Waals surface area contributed by atoms with Gasteiger partial charge in [-0.3, -0.25) is 9.69 Å². The van der Waals surface area contributed by atoms with Crippen LogP contribution in [0.3, 0.4) is 0 Å². The smallest absolute Gasteiger partial charge is 0.287 e. The zero-order valence-corrected chi connectivity index (χ0v) is 17.6. The molecule has 0 radical (unpaired) electrons. The summed E-state index contributed by atoms with van der Waals surface area (Å²) in [6.45, 7) is 1.70. The number of nitrogens with one attached hydrogen (secondary N) is 1. The lowest BCUT2D eigenvalue weighted by Gasteiger charge is -2.38. The van der Waals surface area contributed by atoms with Gasteiger partial charge >= 0.3 is 0 Å². The first kappa shape index (κ1) is 20.9. The van der Waals surface area contributed by atoms with E-state index in [9.17, 15) is 9.18 Å². The van der Waals surface area contributed by atoms with E-state index in [1.165, 1.54) is 12.3 Å². The Morgan fingerprint density at radius 3 is 2.68 bits per heavy atom. The summed E-state index contributed by atoms with van der Waals surface area (Å²) >= 11 is 0. The number of hydrogen-bond donors (Lipinski definition) is 1. The number of amides is 1. The van der Waals surface area contributed by atoms with Gasteiger partial charge in [0.25, 0.3) is 5.91 Å². The van der Waals surface area contributed by atoms with Crippen LogP contribution in [0.2, 0.25) is 0 Å². The average molecular weight is 424 g/mol. The molecule has 0 saturated heterocycles. The normalized spacial score (nSPS) is 15.9. The fraction of sp³-hybridized carbons (Fsp3) is 0.292. The summed E-state index contributed by atoms with van der Waals surface area (Å²) in [5.74, 6) is 1.04. The van der Waals surface area contributed by atoms with E-state index in [0.717, 1.165) is 29.7 Å². The SMILES string of the molecule is COc1cc2c(cc1OC)C(CNC(=O)c1ccco1)N(Cc1cccc(F)c1)CC2. The van der Waals surface area contributed by atoms with E-state index < -0.39 is 0 Å². The molecule has 2 aromatic carbocycles. The maximum absolute atomic E-state index is 13.7. The molecule has 6 nitrogen and oxygen atoms in total.